The van der Waals surface area contributed by atoms with Gasteiger partial charge in [-0.2, -0.15) is 0 Å². The molecule has 4 heteroatoms. The van der Waals surface area contributed by atoms with Gasteiger partial charge in [-0.25, -0.2) is 0 Å². The Balaban J connectivity index is 1.91. The molecule has 0 bridgehead atoms. The van der Waals surface area contributed by atoms with E-state index in [1.807, 2.05) is 23.1 Å². The van der Waals surface area contributed by atoms with Crippen LogP contribution in [0, 0.1) is 0 Å². The summed E-state index contributed by atoms with van der Waals surface area (Å²) in [5.41, 5.74) is 2.38. The molecule has 1 aromatic heterocycles. The third kappa shape index (κ3) is 3.17. The lowest BCUT2D eigenvalue weighted by molar-refractivity contribution is -0.135. The van der Waals surface area contributed by atoms with E-state index in [1.54, 1.807) is 0 Å². The Kier molecular flexibility index (Phi) is 4.82. The maximum atomic E-state index is 12.9. The molecule has 0 aliphatic carbocycles. The maximum absolute atomic E-state index is 12.9. The summed E-state index contributed by atoms with van der Waals surface area (Å²) in [5.74, 6) is 0.218. The zero-order valence-electron chi connectivity index (χ0n) is 14.0. The summed E-state index contributed by atoms with van der Waals surface area (Å²) < 4.78 is 2.26. The molecule has 1 amide bonds. The molecule has 1 aliphatic heterocycles. The Hall–Kier alpha value is -2.07. The Bertz CT molecular complexity index is 646. The van der Waals surface area contributed by atoms with E-state index in [4.69, 9.17) is 0 Å². The number of fused-ring (bicyclic) bond motifs is 1. The smallest absolute Gasteiger partial charge is 0.237 e. The molecular weight excluding hydrogens is 286 g/mol. The molecule has 1 aromatic carbocycles. The fourth-order valence-corrected chi connectivity index (χ4v) is 3.37. The molecule has 23 heavy (non-hydrogen) atoms. The zero-order valence-corrected chi connectivity index (χ0v) is 14.0. The van der Waals surface area contributed by atoms with Crippen molar-refractivity contribution in [1.29, 1.82) is 0 Å². The van der Waals surface area contributed by atoms with E-state index in [1.165, 1.54) is 11.3 Å². The first-order valence-electron chi connectivity index (χ1n) is 8.46. The monoisotopic (exact) mass is 311 g/mol. The summed E-state index contributed by atoms with van der Waals surface area (Å²) in [6, 6.07) is 14.6. The zero-order chi connectivity index (χ0) is 16.2. The third-order valence-electron chi connectivity index (χ3n) is 4.73. The van der Waals surface area contributed by atoms with Crippen LogP contribution in [-0.4, -0.2) is 46.5 Å². The lowest BCUT2D eigenvalue weighted by Crippen LogP contribution is -2.46. The lowest BCUT2D eigenvalue weighted by atomic mass is 10.00. The Morgan fingerprint density at radius 3 is 2.52 bits per heavy atom. The van der Waals surface area contributed by atoms with Gasteiger partial charge in [0.05, 0.1) is 12.6 Å². The van der Waals surface area contributed by atoms with Crippen LogP contribution in [0.2, 0.25) is 0 Å². The van der Waals surface area contributed by atoms with Crippen molar-refractivity contribution < 1.29 is 4.79 Å². The summed E-state index contributed by atoms with van der Waals surface area (Å²) in [6.07, 6.45) is 2.11. The van der Waals surface area contributed by atoms with Crippen LogP contribution in [0.5, 0.6) is 0 Å². The van der Waals surface area contributed by atoms with Crippen LogP contribution in [0.1, 0.15) is 31.1 Å². The standard InChI is InChI=1S/C19H25N3O/c1-3-20(4-2)15-18(23)22-14-13-21-12-8-11-17(21)19(22)16-9-6-5-7-10-16/h5-12,19H,3-4,13-15H2,1-2H3. The van der Waals surface area contributed by atoms with Gasteiger partial charge in [0, 0.05) is 25.0 Å². The Labute approximate surface area is 138 Å². The highest BCUT2D eigenvalue weighted by Gasteiger charge is 2.32. The quantitative estimate of drug-likeness (QED) is 0.849. The second-order valence-corrected chi connectivity index (χ2v) is 5.99. The van der Waals surface area contributed by atoms with Gasteiger partial charge in [0.2, 0.25) is 5.91 Å². The predicted octanol–water partition coefficient (Wildman–Crippen LogP) is 2.76. The summed E-state index contributed by atoms with van der Waals surface area (Å²) >= 11 is 0. The number of carbonyl (C=O) groups is 1. The molecule has 2 aromatic rings. The third-order valence-corrected chi connectivity index (χ3v) is 4.73. The molecule has 1 unspecified atom stereocenters. The SMILES string of the molecule is CCN(CC)CC(=O)N1CCn2cccc2C1c1ccccc1. The molecule has 0 saturated carbocycles. The van der Waals surface area contributed by atoms with Crippen molar-refractivity contribution in [2.45, 2.75) is 26.4 Å². The second kappa shape index (κ2) is 7.01. The number of nitrogens with zero attached hydrogens (tertiary/aromatic N) is 3. The van der Waals surface area contributed by atoms with E-state index < -0.39 is 0 Å². The van der Waals surface area contributed by atoms with E-state index >= 15 is 0 Å². The van der Waals surface area contributed by atoms with Crippen LogP contribution < -0.4 is 0 Å². The fourth-order valence-electron chi connectivity index (χ4n) is 3.37. The van der Waals surface area contributed by atoms with E-state index in [0.717, 1.165) is 26.2 Å². The first-order chi connectivity index (χ1) is 11.2. The second-order valence-electron chi connectivity index (χ2n) is 5.99. The summed E-state index contributed by atoms with van der Waals surface area (Å²) in [4.78, 5) is 17.1. The van der Waals surface area contributed by atoms with Crippen molar-refractivity contribution in [2.24, 2.45) is 0 Å². The van der Waals surface area contributed by atoms with Crippen LogP contribution in [0.4, 0.5) is 0 Å². The Morgan fingerprint density at radius 1 is 1.09 bits per heavy atom. The number of carbonyl (C=O) groups excluding carboxylic acids is 1. The normalized spacial score (nSPS) is 17.3. The molecule has 0 fully saturated rings. The first-order valence-corrected chi connectivity index (χ1v) is 8.46. The van der Waals surface area contributed by atoms with Gasteiger partial charge in [0.25, 0.3) is 0 Å². The molecule has 2 heterocycles. The molecule has 4 nitrogen and oxygen atoms in total. The average molecular weight is 311 g/mol. The van der Waals surface area contributed by atoms with Gasteiger partial charge in [-0.1, -0.05) is 44.2 Å². The Morgan fingerprint density at radius 2 is 1.83 bits per heavy atom. The van der Waals surface area contributed by atoms with Crippen molar-refractivity contribution in [3.8, 4) is 0 Å². The van der Waals surface area contributed by atoms with Gasteiger partial charge < -0.3 is 9.47 Å². The largest absolute Gasteiger partial charge is 0.348 e. The first kappa shape index (κ1) is 15.8. The van der Waals surface area contributed by atoms with Crippen molar-refractivity contribution in [2.75, 3.05) is 26.2 Å². The minimum atomic E-state index is 0.0167. The molecule has 0 spiro atoms. The van der Waals surface area contributed by atoms with Crippen LogP contribution in [0.25, 0.3) is 0 Å². The number of amides is 1. The molecule has 0 radical (unpaired) electrons. The number of hydrogen-bond donors (Lipinski definition) is 0. The minimum absolute atomic E-state index is 0.0167. The molecule has 3 rings (SSSR count). The molecular formula is C19H25N3O. The van der Waals surface area contributed by atoms with Gasteiger partial charge in [-0.3, -0.25) is 9.69 Å². The fraction of sp³-hybridized carbons (Fsp3) is 0.421. The van der Waals surface area contributed by atoms with Crippen molar-refractivity contribution in [3.63, 3.8) is 0 Å². The van der Waals surface area contributed by atoms with E-state index in [-0.39, 0.29) is 11.9 Å². The highest BCUT2D eigenvalue weighted by molar-refractivity contribution is 5.79. The average Bonchev–Trinajstić information content (AvgIpc) is 3.08. The van der Waals surface area contributed by atoms with Gasteiger partial charge >= 0.3 is 0 Å². The van der Waals surface area contributed by atoms with E-state index in [0.29, 0.717) is 6.54 Å². The van der Waals surface area contributed by atoms with E-state index in [9.17, 15) is 4.79 Å². The lowest BCUT2D eigenvalue weighted by Gasteiger charge is -2.38. The topological polar surface area (TPSA) is 28.5 Å². The maximum Gasteiger partial charge on any atom is 0.237 e. The number of rotatable bonds is 5. The molecule has 122 valence electrons. The predicted molar refractivity (Wildman–Crippen MR) is 92.2 cm³/mol. The van der Waals surface area contributed by atoms with E-state index in [2.05, 4.69) is 53.8 Å². The summed E-state index contributed by atoms with van der Waals surface area (Å²) in [6.45, 7) is 8.15. The van der Waals surface area contributed by atoms with Crippen molar-refractivity contribution in [1.82, 2.24) is 14.4 Å². The van der Waals surface area contributed by atoms with Crippen LogP contribution >= 0.6 is 0 Å². The number of likely N-dealkylation sites (N-methyl/N-ethyl adjacent to an activating group) is 1. The van der Waals surface area contributed by atoms with Gasteiger partial charge in [0.15, 0.2) is 0 Å². The molecule has 1 atom stereocenters. The van der Waals surface area contributed by atoms with Crippen molar-refractivity contribution in [3.05, 3.63) is 59.9 Å². The summed E-state index contributed by atoms with van der Waals surface area (Å²) in [7, 11) is 0. The number of hydrogen-bond acceptors (Lipinski definition) is 2. The molecule has 0 N–H and O–H groups in total. The van der Waals surface area contributed by atoms with Gasteiger partial charge in [-0.05, 0) is 30.8 Å². The van der Waals surface area contributed by atoms with Gasteiger partial charge in [-0.15, -0.1) is 0 Å². The molecule has 0 saturated heterocycles. The minimum Gasteiger partial charge on any atom is -0.348 e. The van der Waals surface area contributed by atoms with Crippen LogP contribution in [0.3, 0.4) is 0 Å². The van der Waals surface area contributed by atoms with Crippen LogP contribution in [0.15, 0.2) is 48.7 Å². The number of aromatic nitrogens is 1. The number of benzene rings is 1. The molecule has 1 aliphatic rings. The van der Waals surface area contributed by atoms with Crippen molar-refractivity contribution >= 4 is 5.91 Å². The highest BCUT2D eigenvalue weighted by atomic mass is 16.2. The van der Waals surface area contributed by atoms with Gasteiger partial charge in [0.1, 0.15) is 0 Å². The van der Waals surface area contributed by atoms with Crippen LogP contribution in [-0.2, 0) is 11.3 Å². The summed E-state index contributed by atoms with van der Waals surface area (Å²) in [5, 5.41) is 0. The highest BCUT2D eigenvalue weighted by Crippen LogP contribution is 2.32.